The summed E-state index contributed by atoms with van der Waals surface area (Å²) in [5.74, 6) is -0.311. The van der Waals surface area contributed by atoms with Gasteiger partial charge in [0.25, 0.3) is 5.91 Å². The third kappa shape index (κ3) is 4.99. The summed E-state index contributed by atoms with van der Waals surface area (Å²) in [6.07, 6.45) is 13.2. The Kier molecular flexibility index (Phi) is 6.63. The zero-order valence-corrected chi connectivity index (χ0v) is 17.0. The molecule has 1 saturated heterocycles. The Labute approximate surface area is 176 Å². The van der Waals surface area contributed by atoms with E-state index in [1.807, 2.05) is 17.0 Å². The number of nitrogens with zero attached hydrogens (tertiary/aromatic N) is 5. The van der Waals surface area contributed by atoms with Crippen LogP contribution in [0.2, 0.25) is 0 Å². The lowest BCUT2D eigenvalue weighted by Crippen LogP contribution is -2.46. The third-order valence-electron chi connectivity index (χ3n) is 5.79. The predicted octanol–water partition coefficient (Wildman–Crippen LogP) is 2.07. The molecule has 0 spiro atoms. The van der Waals surface area contributed by atoms with Crippen LogP contribution < -0.4 is 0 Å². The quantitative estimate of drug-likeness (QED) is 0.751. The van der Waals surface area contributed by atoms with Crippen LogP contribution in [0.25, 0.3) is 0 Å². The molecule has 1 atom stereocenters. The Morgan fingerprint density at radius 2 is 1.83 bits per heavy atom. The Morgan fingerprint density at radius 3 is 2.57 bits per heavy atom. The zero-order chi connectivity index (χ0) is 20.8. The molecule has 2 aliphatic rings. The molecule has 8 heteroatoms. The number of aromatic nitrogens is 3. The van der Waals surface area contributed by atoms with E-state index in [4.69, 9.17) is 4.74 Å². The second-order valence-corrected chi connectivity index (χ2v) is 7.90. The number of amides is 2. The van der Waals surface area contributed by atoms with Gasteiger partial charge < -0.3 is 14.5 Å². The first-order valence-corrected chi connectivity index (χ1v) is 10.6. The maximum absolute atomic E-state index is 13.1. The lowest BCUT2D eigenvalue weighted by Gasteiger charge is -2.34. The molecule has 2 amide bonds. The van der Waals surface area contributed by atoms with E-state index in [1.165, 1.54) is 25.0 Å². The third-order valence-corrected chi connectivity index (χ3v) is 5.79. The van der Waals surface area contributed by atoms with Crippen LogP contribution in [0.3, 0.4) is 0 Å². The summed E-state index contributed by atoms with van der Waals surface area (Å²) in [7, 11) is 0. The molecule has 1 saturated carbocycles. The van der Waals surface area contributed by atoms with E-state index in [0.29, 0.717) is 19.7 Å². The van der Waals surface area contributed by atoms with Gasteiger partial charge in [-0.05, 0) is 30.5 Å². The highest BCUT2D eigenvalue weighted by Gasteiger charge is 2.35. The summed E-state index contributed by atoms with van der Waals surface area (Å²) in [6, 6.07) is 4.04. The monoisotopic (exact) mass is 409 g/mol. The van der Waals surface area contributed by atoms with E-state index in [-0.39, 0.29) is 36.2 Å². The van der Waals surface area contributed by atoms with Crippen molar-refractivity contribution in [2.45, 2.75) is 50.9 Å². The van der Waals surface area contributed by atoms with Gasteiger partial charge >= 0.3 is 0 Å². The van der Waals surface area contributed by atoms with Crippen LogP contribution in [0.15, 0.2) is 43.1 Å². The standard InChI is InChI=1S/C22H27N5O3/c28-21-15-26(22(29)20-12-24-10-11-25-20)13-19(30-16-17-6-8-23-9-7-17)14-27(21)18-4-2-1-3-5-18/h6-12,18-19H,1-5,13-16H2/t19-/m1/s1. The summed E-state index contributed by atoms with van der Waals surface area (Å²) >= 11 is 0. The fourth-order valence-corrected chi connectivity index (χ4v) is 4.21. The maximum atomic E-state index is 13.1. The molecule has 1 aliphatic heterocycles. The van der Waals surface area contributed by atoms with Crippen molar-refractivity contribution in [3.8, 4) is 0 Å². The molecule has 1 aliphatic carbocycles. The van der Waals surface area contributed by atoms with Gasteiger partial charge in [-0.25, -0.2) is 4.98 Å². The summed E-state index contributed by atoms with van der Waals surface area (Å²) < 4.78 is 6.18. The van der Waals surface area contributed by atoms with Crippen LogP contribution >= 0.6 is 0 Å². The largest absolute Gasteiger partial charge is 0.370 e. The van der Waals surface area contributed by atoms with Crippen molar-refractivity contribution in [1.82, 2.24) is 24.8 Å². The fraction of sp³-hybridized carbons (Fsp3) is 0.500. The summed E-state index contributed by atoms with van der Waals surface area (Å²) in [5.41, 5.74) is 1.25. The van der Waals surface area contributed by atoms with Crippen LogP contribution in [-0.2, 0) is 16.1 Å². The zero-order valence-electron chi connectivity index (χ0n) is 17.0. The lowest BCUT2D eigenvalue weighted by atomic mass is 9.94. The Morgan fingerprint density at radius 1 is 1.03 bits per heavy atom. The number of rotatable bonds is 5. The molecule has 3 heterocycles. The van der Waals surface area contributed by atoms with Crippen molar-refractivity contribution in [1.29, 1.82) is 0 Å². The Hall–Kier alpha value is -2.87. The number of carbonyl (C=O) groups excluding carboxylic acids is 2. The van der Waals surface area contributed by atoms with Gasteiger partial charge in [0.15, 0.2) is 0 Å². The van der Waals surface area contributed by atoms with Crippen LogP contribution in [0.1, 0.15) is 48.2 Å². The molecule has 158 valence electrons. The molecular formula is C22H27N5O3. The van der Waals surface area contributed by atoms with Gasteiger partial charge in [-0.15, -0.1) is 0 Å². The predicted molar refractivity (Wildman–Crippen MR) is 109 cm³/mol. The first-order valence-electron chi connectivity index (χ1n) is 10.6. The SMILES string of the molecule is O=C(c1cnccn1)N1CC(=O)N(C2CCCCC2)C[C@H](OCc2ccncc2)C1. The average Bonchev–Trinajstić information content (AvgIpc) is 2.98. The van der Waals surface area contributed by atoms with Crippen molar-refractivity contribution >= 4 is 11.8 Å². The minimum absolute atomic E-state index is 0.0193. The van der Waals surface area contributed by atoms with Crippen molar-refractivity contribution in [3.05, 3.63) is 54.4 Å². The molecule has 0 N–H and O–H groups in total. The summed E-state index contributed by atoms with van der Waals surface area (Å²) in [4.78, 5) is 41.7. The summed E-state index contributed by atoms with van der Waals surface area (Å²) in [5, 5.41) is 0. The van der Waals surface area contributed by atoms with Gasteiger partial charge in [-0.2, -0.15) is 0 Å². The van der Waals surface area contributed by atoms with Gasteiger partial charge in [0.1, 0.15) is 12.2 Å². The van der Waals surface area contributed by atoms with Gasteiger partial charge in [0.05, 0.1) is 18.9 Å². The number of pyridine rings is 1. The number of hydrogen-bond acceptors (Lipinski definition) is 6. The average molecular weight is 409 g/mol. The van der Waals surface area contributed by atoms with Crippen molar-refractivity contribution in [2.75, 3.05) is 19.6 Å². The van der Waals surface area contributed by atoms with E-state index in [2.05, 4.69) is 15.0 Å². The highest BCUT2D eigenvalue weighted by Crippen LogP contribution is 2.25. The first kappa shape index (κ1) is 20.4. The highest BCUT2D eigenvalue weighted by molar-refractivity contribution is 5.95. The second kappa shape index (κ2) is 9.75. The van der Waals surface area contributed by atoms with Gasteiger partial charge in [-0.3, -0.25) is 19.6 Å². The van der Waals surface area contributed by atoms with Crippen LogP contribution in [0, 0.1) is 0 Å². The highest BCUT2D eigenvalue weighted by atomic mass is 16.5. The van der Waals surface area contributed by atoms with Gasteiger partial charge in [-0.1, -0.05) is 19.3 Å². The normalized spacial score (nSPS) is 20.8. The number of ether oxygens (including phenoxy) is 1. The fourth-order valence-electron chi connectivity index (χ4n) is 4.21. The van der Waals surface area contributed by atoms with E-state index in [1.54, 1.807) is 17.3 Å². The number of carbonyl (C=O) groups is 2. The smallest absolute Gasteiger partial charge is 0.274 e. The Bertz CT molecular complexity index is 842. The van der Waals surface area contributed by atoms with E-state index in [9.17, 15) is 9.59 Å². The molecule has 2 aromatic heterocycles. The molecule has 30 heavy (non-hydrogen) atoms. The molecule has 0 aromatic carbocycles. The lowest BCUT2D eigenvalue weighted by molar-refractivity contribution is -0.134. The maximum Gasteiger partial charge on any atom is 0.274 e. The second-order valence-electron chi connectivity index (χ2n) is 7.90. The van der Waals surface area contributed by atoms with Gasteiger partial charge in [0, 0.05) is 43.9 Å². The molecule has 2 fully saturated rings. The summed E-state index contributed by atoms with van der Waals surface area (Å²) in [6.45, 7) is 1.29. The minimum atomic E-state index is -0.292. The number of hydrogen-bond donors (Lipinski definition) is 0. The molecule has 4 rings (SSSR count). The van der Waals surface area contributed by atoms with Crippen LogP contribution in [0.5, 0.6) is 0 Å². The first-order chi connectivity index (χ1) is 14.7. The van der Waals surface area contributed by atoms with Crippen molar-refractivity contribution in [3.63, 3.8) is 0 Å². The van der Waals surface area contributed by atoms with Crippen LogP contribution in [-0.4, -0.2) is 68.3 Å². The molecule has 2 aromatic rings. The van der Waals surface area contributed by atoms with Crippen molar-refractivity contribution < 1.29 is 14.3 Å². The molecule has 0 unspecified atom stereocenters. The van der Waals surface area contributed by atoms with E-state index < -0.39 is 0 Å². The van der Waals surface area contributed by atoms with Gasteiger partial charge in [0.2, 0.25) is 5.91 Å². The molecule has 8 nitrogen and oxygen atoms in total. The molecule has 0 radical (unpaired) electrons. The minimum Gasteiger partial charge on any atom is -0.370 e. The molecular weight excluding hydrogens is 382 g/mol. The van der Waals surface area contributed by atoms with E-state index in [0.717, 1.165) is 31.2 Å². The van der Waals surface area contributed by atoms with E-state index >= 15 is 0 Å². The molecule has 0 bridgehead atoms. The topological polar surface area (TPSA) is 88.5 Å². The van der Waals surface area contributed by atoms with Crippen molar-refractivity contribution in [2.24, 2.45) is 0 Å². The Balaban J connectivity index is 1.52. The van der Waals surface area contributed by atoms with Crippen LogP contribution in [0.4, 0.5) is 0 Å².